The van der Waals surface area contributed by atoms with Gasteiger partial charge < -0.3 is 19.9 Å². The number of anilines is 3. The number of nitrogens with one attached hydrogen (secondary N) is 2. The summed E-state index contributed by atoms with van der Waals surface area (Å²) in [7, 11) is 2.19. The maximum absolute atomic E-state index is 13.1. The second-order valence-corrected chi connectivity index (χ2v) is 14.2. The summed E-state index contributed by atoms with van der Waals surface area (Å²) in [4.78, 5) is 17.3. The topological polar surface area (TPSA) is 120 Å². The number of aryl methyl sites for hydroxylation is 1. The quantitative estimate of drug-likeness (QED) is 0.206. The highest BCUT2D eigenvalue weighted by atomic mass is 35.5. The highest BCUT2D eigenvalue weighted by Gasteiger charge is 2.26. The number of piperazine rings is 1. The van der Waals surface area contributed by atoms with Gasteiger partial charge in [-0.15, -0.1) is 0 Å². The number of hydrogen-bond acceptors (Lipinski definition) is 11. The zero-order valence-corrected chi connectivity index (χ0v) is 27.6. The second kappa shape index (κ2) is 14.2. The molecule has 0 aliphatic carbocycles. The van der Waals surface area contributed by atoms with Crippen molar-refractivity contribution in [1.29, 1.82) is 0 Å². The Labute approximate surface area is 267 Å². The SMILES string of the molecule is COc1c(Nc2cc(C)[nH]n2)nc(Sc2ccc(S(=O)(=O)Cc3ccccc3)cc2Cl)nc1N1CCN(CCN(C)C)CC1. The van der Waals surface area contributed by atoms with Crippen LogP contribution in [-0.4, -0.2) is 98.9 Å². The fourth-order valence-electron chi connectivity index (χ4n) is 4.81. The minimum absolute atomic E-state index is 0.105. The van der Waals surface area contributed by atoms with Gasteiger partial charge in [0.25, 0.3) is 0 Å². The summed E-state index contributed by atoms with van der Waals surface area (Å²) in [6.45, 7) is 7.28. The van der Waals surface area contributed by atoms with Crippen LogP contribution in [0.15, 0.2) is 69.5 Å². The molecule has 0 radical (unpaired) electrons. The molecular weight excluding hydrogens is 620 g/mol. The van der Waals surface area contributed by atoms with Crippen LogP contribution in [0.2, 0.25) is 5.02 Å². The molecule has 14 heteroatoms. The molecular formula is C30H37ClN8O3S2. The van der Waals surface area contributed by atoms with E-state index in [1.54, 1.807) is 31.4 Å². The van der Waals surface area contributed by atoms with Crippen LogP contribution in [0.25, 0.3) is 0 Å². The van der Waals surface area contributed by atoms with Crippen molar-refractivity contribution in [2.75, 3.05) is 70.7 Å². The fraction of sp³-hybridized carbons (Fsp3) is 0.367. The molecule has 2 aromatic carbocycles. The molecule has 0 bridgehead atoms. The van der Waals surface area contributed by atoms with E-state index < -0.39 is 9.84 Å². The van der Waals surface area contributed by atoms with Gasteiger partial charge in [0.1, 0.15) is 0 Å². The van der Waals surface area contributed by atoms with Crippen LogP contribution >= 0.6 is 23.4 Å². The molecule has 0 spiro atoms. The Hall–Kier alpha value is -3.36. The van der Waals surface area contributed by atoms with Gasteiger partial charge >= 0.3 is 0 Å². The van der Waals surface area contributed by atoms with Crippen LogP contribution in [0.1, 0.15) is 11.3 Å². The first kappa shape index (κ1) is 32.0. The summed E-state index contributed by atoms with van der Waals surface area (Å²) in [5.41, 5.74) is 1.62. The molecule has 1 fully saturated rings. The summed E-state index contributed by atoms with van der Waals surface area (Å²) in [6.07, 6.45) is 0. The number of ether oxygens (including phenoxy) is 1. The third-order valence-electron chi connectivity index (χ3n) is 7.18. The molecule has 0 amide bonds. The highest BCUT2D eigenvalue weighted by molar-refractivity contribution is 7.99. The van der Waals surface area contributed by atoms with E-state index >= 15 is 0 Å². The first-order valence-electron chi connectivity index (χ1n) is 14.2. The highest BCUT2D eigenvalue weighted by Crippen LogP contribution is 2.40. The Bertz CT molecular complexity index is 1680. The normalized spacial score (nSPS) is 14.3. The number of aromatic amines is 1. The molecule has 11 nitrogen and oxygen atoms in total. The molecule has 0 saturated carbocycles. The van der Waals surface area contributed by atoms with Crippen molar-refractivity contribution in [3.8, 4) is 5.75 Å². The molecule has 5 rings (SSSR count). The first-order chi connectivity index (χ1) is 21.1. The summed E-state index contributed by atoms with van der Waals surface area (Å²) in [6, 6.07) is 15.7. The number of H-pyrrole nitrogens is 1. The van der Waals surface area contributed by atoms with Gasteiger partial charge in [-0.2, -0.15) is 5.10 Å². The molecule has 1 saturated heterocycles. The maximum Gasteiger partial charge on any atom is 0.204 e. The predicted molar refractivity (Wildman–Crippen MR) is 175 cm³/mol. The lowest BCUT2D eigenvalue weighted by Gasteiger charge is -2.36. The first-order valence-corrected chi connectivity index (χ1v) is 17.1. The van der Waals surface area contributed by atoms with Gasteiger partial charge in [-0.05, 0) is 56.5 Å². The van der Waals surface area contributed by atoms with Crippen molar-refractivity contribution >= 4 is 50.7 Å². The molecule has 3 heterocycles. The molecule has 0 atom stereocenters. The van der Waals surface area contributed by atoms with E-state index in [0.717, 1.165) is 45.0 Å². The largest absolute Gasteiger partial charge is 0.490 e. The number of rotatable bonds is 12. The number of halogens is 1. The Morgan fingerprint density at radius 3 is 2.45 bits per heavy atom. The predicted octanol–water partition coefficient (Wildman–Crippen LogP) is 4.72. The summed E-state index contributed by atoms with van der Waals surface area (Å²) >= 11 is 7.92. The van der Waals surface area contributed by atoms with Crippen LogP contribution in [0.3, 0.4) is 0 Å². The smallest absolute Gasteiger partial charge is 0.204 e. The van der Waals surface area contributed by atoms with E-state index in [-0.39, 0.29) is 10.6 Å². The van der Waals surface area contributed by atoms with Crippen molar-refractivity contribution in [1.82, 2.24) is 30.0 Å². The fourth-order valence-corrected chi connectivity index (χ4v) is 7.30. The minimum Gasteiger partial charge on any atom is -0.490 e. The third-order valence-corrected chi connectivity index (χ3v) is 10.2. The van der Waals surface area contributed by atoms with Gasteiger partial charge in [-0.1, -0.05) is 41.9 Å². The van der Waals surface area contributed by atoms with Crippen LogP contribution in [0.5, 0.6) is 5.75 Å². The number of methoxy groups -OCH3 is 1. The summed E-state index contributed by atoms with van der Waals surface area (Å²) in [5.74, 6) is 2.15. The van der Waals surface area contributed by atoms with E-state index in [4.69, 9.17) is 26.3 Å². The Morgan fingerprint density at radius 2 is 1.82 bits per heavy atom. The van der Waals surface area contributed by atoms with E-state index in [0.29, 0.717) is 43.8 Å². The van der Waals surface area contributed by atoms with Gasteiger partial charge in [0, 0.05) is 55.9 Å². The van der Waals surface area contributed by atoms with E-state index in [1.807, 2.05) is 31.2 Å². The van der Waals surface area contributed by atoms with Gasteiger partial charge in [-0.3, -0.25) is 10.00 Å². The van der Waals surface area contributed by atoms with E-state index in [9.17, 15) is 8.42 Å². The standard InChI is InChI=1S/C30H37ClN8O3S2/c1-21-18-26(36-35-21)32-28-27(42-4)29(39-16-14-38(15-17-39)13-12-37(2)3)34-30(33-28)43-25-11-10-23(19-24(25)31)44(40,41)20-22-8-6-5-7-9-22/h5-11,18-19H,12-17,20H2,1-4H3,(H2,32,33,34,35,36). The van der Waals surface area contributed by atoms with Crippen molar-refractivity contribution in [3.63, 3.8) is 0 Å². The van der Waals surface area contributed by atoms with E-state index in [1.165, 1.54) is 17.8 Å². The van der Waals surface area contributed by atoms with E-state index in [2.05, 4.69) is 44.3 Å². The summed E-state index contributed by atoms with van der Waals surface area (Å²) < 4.78 is 32.1. The average molecular weight is 657 g/mol. The molecule has 234 valence electrons. The molecule has 0 unspecified atom stereocenters. The number of sulfone groups is 1. The number of benzene rings is 2. The lowest BCUT2D eigenvalue weighted by atomic mass is 10.2. The molecule has 1 aliphatic rings. The number of aromatic nitrogens is 4. The van der Waals surface area contributed by atoms with Gasteiger partial charge in [0.2, 0.25) is 5.75 Å². The number of nitrogens with zero attached hydrogens (tertiary/aromatic N) is 6. The molecule has 2 N–H and O–H groups in total. The average Bonchev–Trinajstić information content (AvgIpc) is 3.41. The van der Waals surface area contributed by atoms with Crippen LogP contribution in [-0.2, 0) is 15.6 Å². The van der Waals surface area contributed by atoms with Crippen molar-refractivity contribution < 1.29 is 13.2 Å². The maximum atomic E-state index is 13.1. The third kappa shape index (κ3) is 8.02. The molecule has 4 aromatic rings. The Balaban J connectivity index is 1.42. The van der Waals surface area contributed by atoms with Gasteiger partial charge in [0.05, 0.1) is 22.8 Å². The zero-order valence-electron chi connectivity index (χ0n) is 25.2. The lowest BCUT2D eigenvalue weighted by Crippen LogP contribution is -2.48. The minimum atomic E-state index is -3.58. The van der Waals surface area contributed by atoms with Crippen molar-refractivity contribution in [2.45, 2.75) is 27.6 Å². The molecule has 44 heavy (non-hydrogen) atoms. The van der Waals surface area contributed by atoms with Crippen LogP contribution in [0, 0.1) is 6.92 Å². The molecule has 1 aliphatic heterocycles. The van der Waals surface area contributed by atoms with Crippen molar-refractivity contribution in [2.24, 2.45) is 0 Å². The van der Waals surface area contributed by atoms with Crippen molar-refractivity contribution in [3.05, 3.63) is 70.9 Å². The monoisotopic (exact) mass is 656 g/mol. The van der Waals surface area contributed by atoms with Crippen LogP contribution < -0.4 is 15.0 Å². The van der Waals surface area contributed by atoms with Gasteiger partial charge in [0.15, 0.2) is 32.4 Å². The number of likely N-dealkylation sites (N-methyl/N-ethyl adjacent to an activating group) is 1. The van der Waals surface area contributed by atoms with Gasteiger partial charge in [-0.25, -0.2) is 18.4 Å². The molecule has 2 aromatic heterocycles. The van der Waals surface area contributed by atoms with Crippen LogP contribution in [0.4, 0.5) is 17.5 Å². The summed E-state index contributed by atoms with van der Waals surface area (Å²) in [5, 5.41) is 11.2. The Morgan fingerprint density at radius 1 is 1.07 bits per heavy atom. The Kier molecular flexibility index (Phi) is 10.3. The second-order valence-electron chi connectivity index (χ2n) is 10.8. The number of hydrogen-bond donors (Lipinski definition) is 2. The zero-order chi connectivity index (χ0) is 31.3. The lowest BCUT2D eigenvalue weighted by molar-refractivity contribution is 0.228.